The van der Waals surface area contributed by atoms with Crippen molar-refractivity contribution < 1.29 is 5.11 Å². The summed E-state index contributed by atoms with van der Waals surface area (Å²) in [5, 5.41) is 20.0. The Hall–Kier alpha value is -0.940. The predicted octanol–water partition coefficient (Wildman–Crippen LogP) is 1.02. The first-order valence-electron chi connectivity index (χ1n) is 4.93. The molecule has 82 valence electrons. The van der Waals surface area contributed by atoms with Crippen LogP contribution in [0.4, 0.5) is 5.95 Å². The molecule has 1 saturated carbocycles. The van der Waals surface area contributed by atoms with Crippen LogP contribution < -0.4 is 5.32 Å². The molecule has 1 aliphatic carbocycles. The van der Waals surface area contributed by atoms with E-state index in [0.29, 0.717) is 28.8 Å². The largest absolute Gasteiger partial charge is 0.396 e. The molecule has 1 aliphatic rings. The summed E-state index contributed by atoms with van der Waals surface area (Å²) in [5.41, 5.74) is 0.673. The topological polar surface area (TPSA) is 70.9 Å². The lowest BCUT2D eigenvalue weighted by Crippen LogP contribution is -2.37. The third-order valence-corrected chi connectivity index (χ3v) is 2.98. The highest BCUT2D eigenvalue weighted by atomic mass is 35.5. The van der Waals surface area contributed by atoms with Crippen LogP contribution in [0.15, 0.2) is 0 Å². The lowest BCUT2D eigenvalue weighted by atomic mass is 9.81. The number of hydrogen-bond acceptors (Lipinski definition) is 5. The van der Waals surface area contributed by atoms with Gasteiger partial charge in [-0.15, -0.1) is 10.2 Å². The van der Waals surface area contributed by atoms with Crippen LogP contribution >= 0.6 is 11.6 Å². The van der Waals surface area contributed by atoms with Crippen LogP contribution in [0.2, 0.25) is 5.15 Å². The zero-order valence-corrected chi connectivity index (χ0v) is 9.20. The van der Waals surface area contributed by atoms with Gasteiger partial charge in [-0.2, -0.15) is 0 Å². The Morgan fingerprint density at radius 3 is 2.80 bits per heavy atom. The fourth-order valence-corrected chi connectivity index (χ4v) is 1.72. The highest BCUT2D eigenvalue weighted by molar-refractivity contribution is 6.29. The molecule has 5 nitrogen and oxygen atoms in total. The number of nitrogens with one attached hydrogen (secondary N) is 1. The average Bonchev–Trinajstić information content (AvgIpc) is 2.16. The second kappa shape index (κ2) is 4.28. The molecule has 1 aromatic rings. The van der Waals surface area contributed by atoms with E-state index in [1.54, 1.807) is 6.92 Å². The van der Waals surface area contributed by atoms with E-state index in [2.05, 4.69) is 20.5 Å². The molecule has 0 bridgehead atoms. The van der Waals surface area contributed by atoms with Crippen molar-refractivity contribution in [2.45, 2.75) is 25.8 Å². The van der Waals surface area contributed by atoms with E-state index in [1.807, 2.05) is 0 Å². The fourth-order valence-electron chi connectivity index (χ4n) is 1.64. The molecule has 15 heavy (non-hydrogen) atoms. The monoisotopic (exact) mass is 228 g/mol. The van der Waals surface area contributed by atoms with Gasteiger partial charge in [0.15, 0.2) is 5.15 Å². The maximum Gasteiger partial charge on any atom is 0.243 e. The van der Waals surface area contributed by atoms with Crippen molar-refractivity contribution in [1.82, 2.24) is 15.2 Å². The van der Waals surface area contributed by atoms with Crippen LogP contribution in [0.5, 0.6) is 0 Å². The van der Waals surface area contributed by atoms with Gasteiger partial charge in [-0.05, 0) is 25.7 Å². The van der Waals surface area contributed by atoms with Crippen LogP contribution in [0.1, 0.15) is 18.5 Å². The Balaban J connectivity index is 1.92. The Labute approximate surface area is 92.9 Å². The van der Waals surface area contributed by atoms with Gasteiger partial charge in [-0.1, -0.05) is 11.6 Å². The van der Waals surface area contributed by atoms with Crippen molar-refractivity contribution in [1.29, 1.82) is 0 Å². The van der Waals surface area contributed by atoms with Gasteiger partial charge >= 0.3 is 0 Å². The smallest absolute Gasteiger partial charge is 0.243 e. The number of aliphatic hydroxyl groups is 1. The van der Waals surface area contributed by atoms with E-state index in [0.717, 1.165) is 12.8 Å². The predicted molar refractivity (Wildman–Crippen MR) is 56.8 cm³/mol. The van der Waals surface area contributed by atoms with Crippen LogP contribution in [0.25, 0.3) is 0 Å². The molecular weight excluding hydrogens is 216 g/mol. The standard InChI is InChI=1S/C9H13ClN4O/c1-5-8(10)13-14-9(11-5)12-7-2-6(3-7)4-15/h6-7,15H,2-4H2,1H3,(H,11,12,14). The molecule has 0 radical (unpaired) electrons. The summed E-state index contributed by atoms with van der Waals surface area (Å²) in [6, 6.07) is 0.351. The minimum absolute atomic E-state index is 0.261. The van der Waals surface area contributed by atoms with Gasteiger partial charge in [0.1, 0.15) is 0 Å². The van der Waals surface area contributed by atoms with Crippen LogP contribution in [-0.2, 0) is 0 Å². The Morgan fingerprint density at radius 1 is 1.47 bits per heavy atom. The molecular formula is C9H13ClN4O. The molecule has 0 atom stereocenters. The van der Waals surface area contributed by atoms with Gasteiger partial charge < -0.3 is 10.4 Å². The normalized spacial score (nSPS) is 24.7. The van der Waals surface area contributed by atoms with Crippen molar-refractivity contribution in [2.24, 2.45) is 5.92 Å². The summed E-state index contributed by atoms with van der Waals surface area (Å²) in [4.78, 5) is 4.17. The van der Waals surface area contributed by atoms with E-state index in [1.165, 1.54) is 0 Å². The molecule has 6 heteroatoms. The minimum atomic E-state index is 0.261. The lowest BCUT2D eigenvalue weighted by Gasteiger charge is -2.34. The lowest BCUT2D eigenvalue weighted by molar-refractivity contribution is 0.151. The third kappa shape index (κ3) is 2.35. The van der Waals surface area contributed by atoms with Crippen molar-refractivity contribution in [3.05, 3.63) is 10.8 Å². The van der Waals surface area contributed by atoms with E-state index in [-0.39, 0.29) is 6.61 Å². The highest BCUT2D eigenvalue weighted by Gasteiger charge is 2.28. The van der Waals surface area contributed by atoms with Gasteiger partial charge in [0.2, 0.25) is 5.95 Å². The van der Waals surface area contributed by atoms with Crippen molar-refractivity contribution in [3.63, 3.8) is 0 Å². The first-order valence-corrected chi connectivity index (χ1v) is 5.31. The molecule has 1 heterocycles. The molecule has 1 fully saturated rings. The number of aliphatic hydroxyl groups excluding tert-OH is 1. The summed E-state index contributed by atoms with van der Waals surface area (Å²) in [7, 11) is 0. The number of aromatic nitrogens is 3. The molecule has 0 spiro atoms. The number of anilines is 1. The van der Waals surface area contributed by atoms with Crippen LogP contribution in [0.3, 0.4) is 0 Å². The number of hydrogen-bond donors (Lipinski definition) is 2. The molecule has 0 saturated heterocycles. The molecule has 0 unspecified atom stereocenters. The molecule has 0 aromatic carbocycles. The highest BCUT2D eigenvalue weighted by Crippen LogP contribution is 2.28. The maximum absolute atomic E-state index is 8.86. The van der Waals surface area contributed by atoms with Gasteiger partial charge in [0.05, 0.1) is 5.69 Å². The molecule has 0 amide bonds. The first-order chi connectivity index (χ1) is 7.19. The number of halogens is 1. The Bertz CT molecular complexity index is 354. The number of aryl methyl sites for hydroxylation is 1. The van der Waals surface area contributed by atoms with E-state index in [4.69, 9.17) is 16.7 Å². The molecule has 2 rings (SSSR count). The quantitative estimate of drug-likeness (QED) is 0.808. The van der Waals surface area contributed by atoms with Gasteiger partial charge in [-0.3, -0.25) is 0 Å². The van der Waals surface area contributed by atoms with Crippen molar-refractivity contribution in [3.8, 4) is 0 Å². The van der Waals surface area contributed by atoms with Gasteiger partial charge in [0, 0.05) is 12.6 Å². The summed E-state index contributed by atoms with van der Waals surface area (Å²) >= 11 is 5.71. The van der Waals surface area contributed by atoms with Gasteiger partial charge in [0.25, 0.3) is 0 Å². The molecule has 2 N–H and O–H groups in total. The van der Waals surface area contributed by atoms with Gasteiger partial charge in [-0.25, -0.2) is 4.98 Å². The van der Waals surface area contributed by atoms with Crippen LogP contribution in [0, 0.1) is 12.8 Å². The maximum atomic E-state index is 8.86. The third-order valence-electron chi connectivity index (χ3n) is 2.63. The Kier molecular flexibility index (Phi) is 3.02. The Morgan fingerprint density at radius 2 is 2.20 bits per heavy atom. The summed E-state index contributed by atoms with van der Waals surface area (Å²) in [5.74, 6) is 0.933. The first kappa shape index (κ1) is 10.6. The zero-order chi connectivity index (χ0) is 10.8. The summed E-state index contributed by atoms with van der Waals surface area (Å²) in [6.45, 7) is 2.05. The second-order valence-electron chi connectivity index (χ2n) is 3.87. The van der Waals surface area contributed by atoms with Crippen LogP contribution in [-0.4, -0.2) is 32.9 Å². The zero-order valence-electron chi connectivity index (χ0n) is 8.44. The number of nitrogens with zero attached hydrogens (tertiary/aromatic N) is 3. The summed E-state index contributed by atoms with van der Waals surface area (Å²) < 4.78 is 0. The SMILES string of the molecule is Cc1nc(NC2CC(CO)C2)nnc1Cl. The van der Waals surface area contributed by atoms with E-state index < -0.39 is 0 Å². The second-order valence-corrected chi connectivity index (χ2v) is 4.23. The molecule has 0 aliphatic heterocycles. The van der Waals surface area contributed by atoms with Crippen molar-refractivity contribution >= 4 is 17.5 Å². The average molecular weight is 229 g/mol. The summed E-state index contributed by atoms with van der Waals surface area (Å²) in [6.07, 6.45) is 1.92. The molecule has 1 aromatic heterocycles. The number of rotatable bonds is 3. The van der Waals surface area contributed by atoms with E-state index in [9.17, 15) is 0 Å². The van der Waals surface area contributed by atoms with E-state index >= 15 is 0 Å². The minimum Gasteiger partial charge on any atom is -0.396 e. The van der Waals surface area contributed by atoms with Crippen molar-refractivity contribution in [2.75, 3.05) is 11.9 Å². The fraction of sp³-hybridized carbons (Fsp3) is 0.667.